The Kier molecular flexibility index (Phi) is 5.33. The molecule has 1 aliphatic heterocycles. The standard InChI is InChI=1S/C24H27N3O3/c1-4-26-21-14-19(18-10-6-5-7-11-18)16(2)20(23(29)25-12-8-9-13-25)15-22(21)27(17(3)28)24(26)30/h5-7,10-11,14-16H,4,8-9,12-13H2,1-3H3. The van der Waals surface area contributed by atoms with Crippen molar-refractivity contribution in [3.8, 4) is 0 Å². The van der Waals surface area contributed by atoms with Gasteiger partial charge < -0.3 is 4.90 Å². The Morgan fingerprint density at radius 2 is 1.70 bits per heavy atom. The van der Waals surface area contributed by atoms with Gasteiger partial charge in [-0.05, 0) is 43.1 Å². The van der Waals surface area contributed by atoms with E-state index in [4.69, 9.17) is 0 Å². The third-order valence-corrected chi connectivity index (χ3v) is 6.11. The Balaban J connectivity index is 2.00. The normalized spacial score (nSPS) is 18.5. The zero-order chi connectivity index (χ0) is 21.4. The van der Waals surface area contributed by atoms with Crippen LogP contribution in [0, 0.1) is 5.92 Å². The number of allylic oxidation sites excluding steroid dienone is 1. The predicted molar refractivity (Wildman–Crippen MR) is 118 cm³/mol. The molecule has 1 atom stereocenters. The van der Waals surface area contributed by atoms with Crippen LogP contribution >= 0.6 is 0 Å². The molecule has 156 valence electrons. The molecule has 0 N–H and O–H groups in total. The fourth-order valence-electron chi connectivity index (χ4n) is 4.51. The van der Waals surface area contributed by atoms with E-state index in [-0.39, 0.29) is 23.4 Å². The maximum Gasteiger partial charge on any atom is 0.335 e. The number of benzene rings is 1. The molecular formula is C24H27N3O3. The fourth-order valence-corrected chi connectivity index (χ4v) is 4.51. The Bertz CT molecular complexity index is 1110. The van der Waals surface area contributed by atoms with Crippen LogP contribution < -0.4 is 5.69 Å². The van der Waals surface area contributed by atoms with Gasteiger partial charge in [0.05, 0.1) is 11.4 Å². The third kappa shape index (κ3) is 3.26. The summed E-state index contributed by atoms with van der Waals surface area (Å²) in [6, 6.07) is 9.92. The molecule has 30 heavy (non-hydrogen) atoms. The van der Waals surface area contributed by atoms with Crippen molar-refractivity contribution in [3.05, 3.63) is 63.3 Å². The van der Waals surface area contributed by atoms with Crippen molar-refractivity contribution in [2.75, 3.05) is 13.1 Å². The molecule has 1 unspecified atom stereocenters. The molecule has 2 aromatic rings. The summed E-state index contributed by atoms with van der Waals surface area (Å²) < 4.78 is 2.79. The molecule has 2 aliphatic rings. The van der Waals surface area contributed by atoms with Crippen LogP contribution in [0.3, 0.4) is 0 Å². The zero-order valence-electron chi connectivity index (χ0n) is 17.7. The number of amides is 1. The molecule has 0 radical (unpaired) electrons. The van der Waals surface area contributed by atoms with Crippen molar-refractivity contribution in [2.24, 2.45) is 5.92 Å². The van der Waals surface area contributed by atoms with Gasteiger partial charge in [0.15, 0.2) is 0 Å². The molecule has 0 spiro atoms. The summed E-state index contributed by atoms with van der Waals surface area (Å²) >= 11 is 0. The van der Waals surface area contributed by atoms with E-state index in [1.807, 2.05) is 55.2 Å². The molecule has 0 saturated carbocycles. The van der Waals surface area contributed by atoms with E-state index in [2.05, 4.69) is 0 Å². The number of hydrogen-bond donors (Lipinski definition) is 0. The van der Waals surface area contributed by atoms with E-state index in [0.29, 0.717) is 23.5 Å². The highest BCUT2D eigenvalue weighted by atomic mass is 16.2. The molecule has 2 heterocycles. The van der Waals surface area contributed by atoms with Gasteiger partial charge in [0.2, 0.25) is 11.8 Å². The van der Waals surface area contributed by atoms with Gasteiger partial charge in [0.25, 0.3) is 0 Å². The highest BCUT2D eigenvalue weighted by molar-refractivity contribution is 6.04. The minimum atomic E-state index is -0.363. The van der Waals surface area contributed by atoms with E-state index < -0.39 is 0 Å². The summed E-state index contributed by atoms with van der Waals surface area (Å²) in [5.41, 5.74) is 3.40. The van der Waals surface area contributed by atoms with Gasteiger partial charge in [-0.3, -0.25) is 14.2 Å². The van der Waals surface area contributed by atoms with E-state index in [1.54, 1.807) is 10.6 Å². The van der Waals surface area contributed by atoms with Crippen LogP contribution in [0.1, 0.15) is 55.4 Å². The molecule has 1 amide bonds. The van der Waals surface area contributed by atoms with Gasteiger partial charge >= 0.3 is 5.69 Å². The Morgan fingerprint density at radius 1 is 1.03 bits per heavy atom. The SMILES string of the molecule is CCn1c2c(n(C(C)=O)c1=O)C=C(C(=O)N1CCCC1)C(C)C(c1ccccc1)=C2. The number of nitrogens with zero attached hydrogens (tertiary/aromatic N) is 3. The van der Waals surface area contributed by atoms with Crippen LogP contribution in [-0.4, -0.2) is 38.9 Å². The van der Waals surface area contributed by atoms with E-state index in [0.717, 1.165) is 37.1 Å². The van der Waals surface area contributed by atoms with Gasteiger partial charge in [0, 0.05) is 38.0 Å². The largest absolute Gasteiger partial charge is 0.339 e. The number of likely N-dealkylation sites (tertiary alicyclic amines) is 1. The first-order valence-electron chi connectivity index (χ1n) is 10.6. The molecule has 6 heteroatoms. The molecule has 1 aromatic carbocycles. The lowest BCUT2D eigenvalue weighted by atomic mass is 9.87. The minimum Gasteiger partial charge on any atom is -0.339 e. The average Bonchev–Trinajstić information content (AvgIpc) is 3.33. The molecule has 0 bridgehead atoms. The van der Waals surface area contributed by atoms with Gasteiger partial charge in [-0.2, -0.15) is 0 Å². The fraction of sp³-hybridized carbons (Fsp3) is 0.375. The second kappa shape index (κ2) is 7.94. The number of carbonyl (C=O) groups excluding carboxylic acids is 2. The second-order valence-corrected chi connectivity index (χ2v) is 7.94. The van der Waals surface area contributed by atoms with Crippen LogP contribution in [0.25, 0.3) is 17.7 Å². The van der Waals surface area contributed by atoms with Crippen LogP contribution in [0.4, 0.5) is 0 Å². The minimum absolute atomic E-state index is 0.0125. The number of hydrogen-bond acceptors (Lipinski definition) is 3. The van der Waals surface area contributed by atoms with E-state index in [9.17, 15) is 14.4 Å². The summed E-state index contributed by atoms with van der Waals surface area (Å²) in [7, 11) is 0. The van der Waals surface area contributed by atoms with E-state index >= 15 is 0 Å². The third-order valence-electron chi connectivity index (χ3n) is 6.11. The van der Waals surface area contributed by atoms with Crippen LogP contribution in [0.5, 0.6) is 0 Å². The van der Waals surface area contributed by atoms with Crippen LogP contribution in [0.15, 0.2) is 40.7 Å². The highest BCUT2D eigenvalue weighted by Gasteiger charge is 2.32. The first-order valence-corrected chi connectivity index (χ1v) is 10.6. The van der Waals surface area contributed by atoms with E-state index in [1.165, 1.54) is 11.5 Å². The van der Waals surface area contributed by atoms with Crippen molar-refractivity contribution >= 4 is 29.5 Å². The molecule has 1 fully saturated rings. The number of aromatic nitrogens is 2. The van der Waals surface area contributed by atoms with Crippen molar-refractivity contribution < 1.29 is 9.59 Å². The van der Waals surface area contributed by atoms with Crippen LogP contribution in [-0.2, 0) is 11.3 Å². The maximum atomic E-state index is 13.4. The highest BCUT2D eigenvalue weighted by Crippen LogP contribution is 2.37. The molecule has 1 saturated heterocycles. The van der Waals surface area contributed by atoms with Crippen molar-refractivity contribution in [3.63, 3.8) is 0 Å². The molecule has 4 rings (SSSR count). The first-order chi connectivity index (χ1) is 14.4. The number of fused-ring (bicyclic) bond motifs is 1. The molecular weight excluding hydrogens is 378 g/mol. The van der Waals surface area contributed by atoms with Crippen LogP contribution in [0.2, 0.25) is 0 Å². The summed E-state index contributed by atoms with van der Waals surface area (Å²) in [6.07, 6.45) is 5.75. The lowest BCUT2D eigenvalue weighted by molar-refractivity contribution is -0.126. The summed E-state index contributed by atoms with van der Waals surface area (Å²) in [5.74, 6) is -0.535. The lowest BCUT2D eigenvalue weighted by Crippen LogP contribution is -2.32. The predicted octanol–water partition coefficient (Wildman–Crippen LogP) is 3.53. The van der Waals surface area contributed by atoms with Gasteiger partial charge in [-0.1, -0.05) is 37.3 Å². The summed E-state index contributed by atoms with van der Waals surface area (Å²) in [4.78, 5) is 40.6. The smallest absolute Gasteiger partial charge is 0.335 e. The number of imidazole rings is 1. The molecule has 1 aromatic heterocycles. The Hall–Kier alpha value is -3.15. The quantitative estimate of drug-likeness (QED) is 0.785. The van der Waals surface area contributed by atoms with Gasteiger partial charge in [-0.15, -0.1) is 0 Å². The maximum absolute atomic E-state index is 13.4. The first kappa shape index (κ1) is 20.1. The zero-order valence-corrected chi connectivity index (χ0v) is 17.7. The molecule has 6 nitrogen and oxygen atoms in total. The summed E-state index contributed by atoms with van der Waals surface area (Å²) in [5, 5.41) is 0. The second-order valence-electron chi connectivity index (χ2n) is 7.94. The van der Waals surface area contributed by atoms with Crippen molar-refractivity contribution in [1.82, 2.24) is 14.0 Å². The number of carbonyl (C=O) groups is 2. The summed E-state index contributed by atoms with van der Waals surface area (Å²) in [6.45, 7) is 7.23. The van der Waals surface area contributed by atoms with Gasteiger partial charge in [0.1, 0.15) is 0 Å². The Morgan fingerprint density at radius 3 is 2.30 bits per heavy atom. The monoisotopic (exact) mass is 405 g/mol. The topological polar surface area (TPSA) is 64.3 Å². The van der Waals surface area contributed by atoms with Gasteiger partial charge in [-0.25, -0.2) is 9.36 Å². The Labute approximate surface area is 176 Å². The average molecular weight is 405 g/mol. The number of rotatable bonds is 3. The lowest BCUT2D eigenvalue weighted by Gasteiger charge is -2.23. The van der Waals surface area contributed by atoms with Crippen molar-refractivity contribution in [1.29, 1.82) is 0 Å². The van der Waals surface area contributed by atoms with Crippen molar-refractivity contribution in [2.45, 2.75) is 40.2 Å². The molecule has 1 aliphatic carbocycles.